The average Bonchev–Trinajstić information content (AvgIpc) is 3.14. The maximum Gasteiger partial charge on any atom is 0.273 e. The quantitative estimate of drug-likeness (QED) is 0.783. The van der Waals surface area contributed by atoms with Crippen molar-refractivity contribution >= 4 is 29.1 Å². The van der Waals surface area contributed by atoms with E-state index in [1.165, 1.54) is 6.07 Å². The Balaban J connectivity index is 1.72. The van der Waals surface area contributed by atoms with Crippen LogP contribution >= 0.6 is 23.2 Å². The molecule has 1 aromatic carbocycles. The van der Waals surface area contributed by atoms with Crippen molar-refractivity contribution in [2.45, 2.75) is 6.54 Å². The van der Waals surface area contributed by atoms with Gasteiger partial charge in [-0.3, -0.25) is 9.48 Å². The number of benzene rings is 1. The van der Waals surface area contributed by atoms with Crippen LogP contribution in [-0.4, -0.2) is 20.8 Å². The Morgan fingerprint density at radius 3 is 2.83 bits per heavy atom. The van der Waals surface area contributed by atoms with Crippen LogP contribution in [-0.2, 0) is 13.6 Å². The van der Waals surface area contributed by atoms with E-state index in [0.717, 1.165) is 5.69 Å². The molecular formula is C15H12Cl2N4O2. The third-order valence-electron chi connectivity index (χ3n) is 3.14. The van der Waals surface area contributed by atoms with E-state index in [1.807, 2.05) is 13.1 Å². The number of aryl methyl sites for hydroxylation is 1. The molecule has 8 heteroatoms. The predicted molar refractivity (Wildman–Crippen MR) is 86.3 cm³/mol. The van der Waals surface area contributed by atoms with Crippen molar-refractivity contribution < 1.29 is 9.32 Å². The minimum Gasteiger partial charge on any atom is -0.355 e. The lowest BCUT2D eigenvalue weighted by Crippen LogP contribution is -2.23. The molecule has 0 saturated heterocycles. The summed E-state index contributed by atoms with van der Waals surface area (Å²) in [5.41, 5.74) is 1.54. The number of hydrogen-bond acceptors (Lipinski definition) is 4. The molecule has 0 saturated carbocycles. The number of nitrogens with one attached hydrogen (secondary N) is 1. The maximum absolute atomic E-state index is 12.1. The van der Waals surface area contributed by atoms with Crippen molar-refractivity contribution in [1.82, 2.24) is 20.3 Å². The molecule has 0 atom stereocenters. The summed E-state index contributed by atoms with van der Waals surface area (Å²) < 4.78 is 6.86. The van der Waals surface area contributed by atoms with Gasteiger partial charge in [0.25, 0.3) is 5.91 Å². The van der Waals surface area contributed by atoms with E-state index in [0.29, 0.717) is 27.9 Å². The number of aromatic nitrogens is 3. The molecule has 0 aliphatic carbocycles. The van der Waals surface area contributed by atoms with Gasteiger partial charge in [-0.2, -0.15) is 5.10 Å². The zero-order chi connectivity index (χ0) is 16.4. The van der Waals surface area contributed by atoms with Gasteiger partial charge in [0.15, 0.2) is 11.5 Å². The zero-order valence-electron chi connectivity index (χ0n) is 12.1. The molecule has 0 spiro atoms. The van der Waals surface area contributed by atoms with Gasteiger partial charge in [0.05, 0.1) is 17.3 Å². The molecule has 3 aromatic rings. The van der Waals surface area contributed by atoms with E-state index >= 15 is 0 Å². The molecule has 3 rings (SSSR count). The van der Waals surface area contributed by atoms with Gasteiger partial charge in [0.2, 0.25) is 0 Å². The molecule has 23 heavy (non-hydrogen) atoms. The molecule has 2 aromatic heterocycles. The Labute approximate surface area is 142 Å². The Hall–Kier alpha value is -2.31. The smallest absolute Gasteiger partial charge is 0.273 e. The number of hydrogen-bond donors (Lipinski definition) is 1. The fourth-order valence-corrected chi connectivity index (χ4v) is 2.52. The number of carbonyl (C=O) groups excluding carboxylic acids is 1. The first-order valence-electron chi connectivity index (χ1n) is 6.72. The number of carbonyl (C=O) groups is 1. The lowest BCUT2D eigenvalue weighted by atomic mass is 10.1. The summed E-state index contributed by atoms with van der Waals surface area (Å²) in [5, 5.41) is 11.6. The Kier molecular flexibility index (Phi) is 4.36. The summed E-state index contributed by atoms with van der Waals surface area (Å²) in [5.74, 6) is 0.0467. The van der Waals surface area contributed by atoms with Gasteiger partial charge in [0, 0.05) is 29.9 Å². The van der Waals surface area contributed by atoms with Crippen molar-refractivity contribution in [1.29, 1.82) is 0 Å². The van der Waals surface area contributed by atoms with E-state index in [-0.39, 0.29) is 11.6 Å². The lowest BCUT2D eigenvalue weighted by Gasteiger charge is -2.00. The van der Waals surface area contributed by atoms with Crippen molar-refractivity contribution in [2.75, 3.05) is 0 Å². The van der Waals surface area contributed by atoms with E-state index in [9.17, 15) is 4.79 Å². The second-order valence-corrected chi connectivity index (χ2v) is 5.71. The van der Waals surface area contributed by atoms with Gasteiger partial charge < -0.3 is 9.84 Å². The standard InChI is InChI=1S/C15H12Cl2N4O2/c1-21-5-4-10(19-21)8-18-15(22)13-7-14(23-20-13)11-3-2-9(16)6-12(11)17/h2-7H,8H2,1H3,(H,18,22). The van der Waals surface area contributed by atoms with Crippen LogP contribution in [0.4, 0.5) is 0 Å². The first-order valence-corrected chi connectivity index (χ1v) is 7.47. The molecule has 0 radical (unpaired) electrons. The highest BCUT2D eigenvalue weighted by atomic mass is 35.5. The molecule has 0 bridgehead atoms. The van der Waals surface area contributed by atoms with Crippen molar-refractivity contribution in [3.8, 4) is 11.3 Å². The second-order valence-electron chi connectivity index (χ2n) is 4.86. The fourth-order valence-electron chi connectivity index (χ4n) is 2.02. The average molecular weight is 351 g/mol. The number of amides is 1. The summed E-state index contributed by atoms with van der Waals surface area (Å²) in [7, 11) is 1.81. The highest BCUT2D eigenvalue weighted by Crippen LogP contribution is 2.30. The minimum absolute atomic E-state index is 0.168. The van der Waals surface area contributed by atoms with Crippen LogP contribution in [0.5, 0.6) is 0 Å². The molecule has 1 amide bonds. The highest BCUT2D eigenvalue weighted by molar-refractivity contribution is 6.36. The van der Waals surface area contributed by atoms with Gasteiger partial charge in [-0.05, 0) is 24.3 Å². The number of halogens is 2. The molecule has 1 N–H and O–H groups in total. The van der Waals surface area contributed by atoms with Gasteiger partial charge in [0.1, 0.15) is 0 Å². The third-order valence-corrected chi connectivity index (χ3v) is 3.69. The Bertz CT molecular complexity index is 857. The van der Waals surface area contributed by atoms with Crippen molar-refractivity contribution in [3.63, 3.8) is 0 Å². The minimum atomic E-state index is -0.351. The molecule has 2 heterocycles. The number of rotatable bonds is 4. The summed E-state index contributed by atoms with van der Waals surface area (Å²) >= 11 is 12.0. The van der Waals surface area contributed by atoms with Gasteiger partial charge in [-0.15, -0.1) is 0 Å². The predicted octanol–water partition coefficient (Wildman–Crippen LogP) is 3.31. The SMILES string of the molecule is Cn1ccc(CNC(=O)c2cc(-c3ccc(Cl)cc3Cl)on2)n1. The number of nitrogens with zero attached hydrogens (tertiary/aromatic N) is 3. The monoisotopic (exact) mass is 350 g/mol. The van der Waals surface area contributed by atoms with E-state index in [2.05, 4.69) is 15.6 Å². The first-order chi connectivity index (χ1) is 11.0. The summed E-state index contributed by atoms with van der Waals surface area (Å²) in [6.45, 7) is 0.309. The van der Waals surface area contributed by atoms with Crippen LogP contribution in [0.15, 0.2) is 41.1 Å². The molecular weight excluding hydrogens is 339 g/mol. The first kappa shape index (κ1) is 15.6. The van der Waals surface area contributed by atoms with Crippen molar-refractivity contribution in [3.05, 3.63) is 58.0 Å². The normalized spacial score (nSPS) is 10.7. The molecule has 118 valence electrons. The maximum atomic E-state index is 12.1. The van der Waals surface area contributed by atoms with Crippen LogP contribution < -0.4 is 5.32 Å². The van der Waals surface area contributed by atoms with Crippen LogP contribution in [0.25, 0.3) is 11.3 Å². The molecule has 0 aliphatic heterocycles. The zero-order valence-corrected chi connectivity index (χ0v) is 13.6. The van der Waals surface area contributed by atoms with Crippen molar-refractivity contribution in [2.24, 2.45) is 7.05 Å². The third kappa shape index (κ3) is 3.55. The van der Waals surface area contributed by atoms with Gasteiger partial charge >= 0.3 is 0 Å². The van der Waals surface area contributed by atoms with Gasteiger partial charge in [-0.1, -0.05) is 28.4 Å². The van der Waals surface area contributed by atoms with Gasteiger partial charge in [-0.25, -0.2) is 0 Å². The lowest BCUT2D eigenvalue weighted by molar-refractivity contribution is 0.0941. The largest absolute Gasteiger partial charge is 0.355 e. The van der Waals surface area contributed by atoms with E-state index < -0.39 is 0 Å². The fraction of sp³-hybridized carbons (Fsp3) is 0.133. The highest BCUT2D eigenvalue weighted by Gasteiger charge is 2.15. The molecule has 0 fully saturated rings. The summed E-state index contributed by atoms with van der Waals surface area (Å²) in [6, 6.07) is 8.35. The Morgan fingerprint density at radius 1 is 1.30 bits per heavy atom. The van der Waals surface area contributed by atoms with Crippen LogP contribution in [0.3, 0.4) is 0 Å². The summed E-state index contributed by atoms with van der Waals surface area (Å²) in [4.78, 5) is 12.1. The van der Waals surface area contributed by atoms with Crippen LogP contribution in [0, 0.1) is 0 Å². The summed E-state index contributed by atoms with van der Waals surface area (Å²) in [6.07, 6.45) is 1.80. The van der Waals surface area contributed by atoms with E-state index in [4.69, 9.17) is 27.7 Å². The van der Waals surface area contributed by atoms with Crippen LogP contribution in [0.2, 0.25) is 10.0 Å². The second kappa shape index (κ2) is 6.44. The van der Waals surface area contributed by atoms with E-state index in [1.54, 1.807) is 29.1 Å². The molecule has 0 aliphatic rings. The Morgan fingerprint density at radius 2 is 2.13 bits per heavy atom. The molecule has 0 unspecified atom stereocenters. The van der Waals surface area contributed by atoms with Crippen LogP contribution in [0.1, 0.15) is 16.2 Å². The topological polar surface area (TPSA) is 73.0 Å². The molecule has 6 nitrogen and oxygen atoms in total.